The lowest BCUT2D eigenvalue weighted by Gasteiger charge is -2.20. The number of benzene rings is 1. The van der Waals surface area contributed by atoms with E-state index in [2.05, 4.69) is 48.5 Å². The highest BCUT2D eigenvalue weighted by Gasteiger charge is 2.05. The minimum Gasteiger partial charge on any atom is -0.246 e. The Kier molecular flexibility index (Phi) is 7.35. The van der Waals surface area contributed by atoms with Crippen LogP contribution in [0.15, 0.2) is 35.2 Å². The number of nitrogens with zero attached hydrogens (tertiary/aromatic N) is 1. The van der Waals surface area contributed by atoms with Crippen LogP contribution in [0.5, 0.6) is 0 Å². The van der Waals surface area contributed by atoms with Crippen LogP contribution >= 0.6 is 11.9 Å². The van der Waals surface area contributed by atoms with Gasteiger partial charge in [-0.2, -0.15) is 0 Å². The molecule has 0 atom stereocenters. The average Bonchev–Trinajstić information content (AvgIpc) is 2.34. The highest BCUT2D eigenvalue weighted by molar-refractivity contribution is 7.97. The fourth-order valence-electron chi connectivity index (χ4n) is 1.50. The van der Waals surface area contributed by atoms with Gasteiger partial charge in [-0.25, -0.2) is 4.31 Å². The Morgan fingerprint density at radius 3 is 2.00 bits per heavy atom. The zero-order valence-electron chi connectivity index (χ0n) is 10.5. The predicted molar refractivity (Wildman–Crippen MR) is 73.7 cm³/mol. The first-order chi connectivity index (χ1) is 7.86. The van der Waals surface area contributed by atoms with Crippen molar-refractivity contribution in [3.63, 3.8) is 0 Å². The van der Waals surface area contributed by atoms with Crippen molar-refractivity contribution in [2.24, 2.45) is 0 Å². The van der Waals surface area contributed by atoms with Gasteiger partial charge in [0.15, 0.2) is 0 Å². The largest absolute Gasteiger partial charge is 0.246 e. The van der Waals surface area contributed by atoms with Gasteiger partial charge in [0.25, 0.3) is 0 Å². The fourth-order valence-corrected chi connectivity index (χ4v) is 2.52. The molecule has 0 N–H and O–H groups in total. The van der Waals surface area contributed by atoms with E-state index in [9.17, 15) is 0 Å². The lowest BCUT2D eigenvalue weighted by atomic mass is 10.3. The van der Waals surface area contributed by atoms with E-state index in [-0.39, 0.29) is 0 Å². The van der Waals surface area contributed by atoms with Crippen molar-refractivity contribution >= 4 is 11.9 Å². The molecule has 1 aromatic rings. The smallest absolute Gasteiger partial charge is 0.0230 e. The highest BCUT2D eigenvalue weighted by Crippen LogP contribution is 2.22. The van der Waals surface area contributed by atoms with E-state index in [1.54, 1.807) is 0 Å². The van der Waals surface area contributed by atoms with Crippen LogP contribution in [-0.2, 0) is 0 Å². The molecule has 0 amide bonds. The molecule has 0 radical (unpaired) electrons. The second-order valence-electron chi connectivity index (χ2n) is 4.04. The van der Waals surface area contributed by atoms with Crippen molar-refractivity contribution in [1.29, 1.82) is 0 Å². The van der Waals surface area contributed by atoms with Gasteiger partial charge in [0, 0.05) is 18.0 Å². The van der Waals surface area contributed by atoms with Crippen molar-refractivity contribution in [1.82, 2.24) is 4.31 Å². The van der Waals surface area contributed by atoms with Gasteiger partial charge in [0.05, 0.1) is 0 Å². The topological polar surface area (TPSA) is 3.24 Å². The number of hydrogen-bond acceptors (Lipinski definition) is 2. The summed E-state index contributed by atoms with van der Waals surface area (Å²) in [5.41, 5.74) is 0. The molecular weight excluding hydrogens is 214 g/mol. The van der Waals surface area contributed by atoms with Crippen LogP contribution in [0.2, 0.25) is 0 Å². The minimum absolute atomic E-state index is 1.20. The molecule has 0 spiro atoms. The summed E-state index contributed by atoms with van der Waals surface area (Å²) in [4.78, 5) is 1.36. The molecule has 0 saturated heterocycles. The molecule has 0 aromatic heterocycles. The standard InChI is InChI=1S/C14H23NS/c1-3-5-12-15(13-6-4-2)16-14-10-8-7-9-11-14/h7-11H,3-6,12-13H2,1-2H3. The highest BCUT2D eigenvalue weighted by atomic mass is 32.2. The van der Waals surface area contributed by atoms with E-state index in [0.717, 1.165) is 0 Å². The normalized spacial score (nSPS) is 10.9. The van der Waals surface area contributed by atoms with Gasteiger partial charge in [0.1, 0.15) is 0 Å². The molecule has 0 aliphatic heterocycles. The molecule has 1 aromatic carbocycles. The van der Waals surface area contributed by atoms with E-state index in [1.807, 2.05) is 11.9 Å². The monoisotopic (exact) mass is 237 g/mol. The molecule has 16 heavy (non-hydrogen) atoms. The van der Waals surface area contributed by atoms with Gasteiger partial charge >= 0.3 is 0 Å². The zero-order valence-corrected chi connectivity index (χ0v) is 11.3. The summed E-state index contributed by atoms with van der Waals surface area (Å²) >= 11 is 1.90. The first-order valence-electron chi connectivity index (χ1n) is 6.34. The SMILES string of the molecule is CCCCN(CCCC)Sc1ccccc1. The quantitative estimate of drug-likeness (QED) is 0.608. The van der Waals surface area contributed by atoms with Crippen molar-refractivity contribution < 1.29 is 0 Å². The predicted octanol–water partition coefficient (Wildman–Crippen LogP) is 4.60. The van der Waals surface area contributed by atoms with Gasteiger partial charge in [-0.1, -0.05) is 44.9 Å². The van der Waals surface area contributed by atoms with Crippen LogP contribution in [0, 0.1) is 0 Å². The van der Waals surface area contributed by atoms with Gasteiger partial charge in [-0.15, -0.1) is 0 Å². The van der Waals surface area contributed by atoms with Crippen LogP contribution in [0.1, 0.15) is 39.5 Å². The molecule has 90 valence electrons. The third kappa shape index (κ3) is 5.57. The molecule has 0 heterocycles. The summed E-state index contributed by atoms with van der Waals surface area (Å²) in [5.74, 6) is 0. The van der Waals surface area contributed by atoms with Gasteiger partial charge in [-0.05, 0) is 36.9 Å². The van der Waals surface area contributed by atoms with E-state index >= 15 is 0 Å². The maximum Gasteiger partial charge on any atom is 0.0230 e. The van der Waals surface area contributed by atoms with Crippen LogP contribution in [0.3, 0.4) is 0 Å². The molecule has 1 nitrogen and oxygen atoms in total. The van der Waals surface area contributed by atoms with E-state index < -0.39 is 0 Å². The summed E-state index contributed by atoms with van der Waals surface area (Å²) in [7, 11) is 0. The van der Waals surface area contributed by atoms with Crippen LogP contribution < -0.4 is 0 Å². The summed E-state index contributed by atoms with van der Waals surface area (Å²) in [6.45, 7) is 6.92. The second-order valence-corrected chi connectivity index (χ2v) is 5.21. The third-order valence-electron chi connectivity index (χ3n) is 2.50. The summed E-state index contributed by atoms with van der Waals surface area (Å²) < 4.78 is 2.50. The number of rotatable bonds is 8. The summed E-state index contributed by atoms with van der Waals surface area (Å²) in [6, 6.07) is 10.7. The Labute approximate surface area is 104 Å². The molecule has 1 rings (SSSR count). The van der Waals surface area contributed by atoms with Crippen molar-refractivity contribution in [2.45, 2.75) is 44.4 Å². The molecule has 0 bridgehead atoms. The van der Waals surface area contributed by atoms with Gasteiger partial charge < -0.3 is 0 Å². The Hall–Kier alpha value is -0.470. The summed E-state index contributed by atoms with van der Waals surface area (Å²) in [6.07, 6.45) is 5.14. The van der Waals surface area contributed by atoms with Crippen LogP contribution in [0.4, 0.5) is 0 Å². The lowest BCUT2D eigenvalue weighted by molar-refractivity contribution is 0.444. The average molecular weight is 237 g/mol. The number of hydrogen-bond donors (Lipinski definition) is 0. The van der Waals surface area contributed by atoms with E-state index in [0.29, 0.717) is 0 Å². The maximum atomic E-state index is 2.50. The van der Waals surface area contributed by atoms with Crippen molar-refractivity contribution in [3.8, 4) is 0 Å². The van der Waals surface area contributed by atoms with Crippen LogP contribution in [-0.4, -0.2) is 17.4 Å². The molecular formula is C14H23NS. The second kappa shape index (κ2) is 8.66. The minimum atomic E-state index is 1.20. The molecule has 0 aliphatic rings. The van der Waals surface area contributed by atoms with E-state index in [1.165, 1.54) is 43.7 Å². The number of unbranched alkanes of at least 4 members (excludes halogenated alkanes) is 2. The Morgan fingerprint density at radius 2 is 1.50 bits per heavy atom. The first-order valence-corrected chi connectivity index (χ1v) is 7.12. The first kappa shape index (κ1) is 13.6. The molecule has 0 unspecified atom stereocenters. The summed E-state index contributed by atoms with van der Waals surface area (Å²) in [5, 5.41) is 0. The van der Waals surface area contributed by atoms with Crippen molar-refractivity contribution in [2.75, 3.05) is 13.1 Å². The Balaban J connectivity index is 2.42. The zero-order chi connectivity index (χ0) is 11.6. The van der Waals surface area contributed by atoms with Crippen LogP contribution in [0.25, 0.3) is 0 Å². The molecule has 2 heteroatoms. The van der Waals surface area contributed by atoms with Gasteiger partial charge in [-0.3, -0.25) is 0 Å². The Morgan fingerprint density at radius 1 is 0.938 bits per heavy atom. The molecule has 0 fully saturated rings. The molecule has 0 saturated carbocycles. The van der Waals surface area contributed by atoms with E-state index in [4.69, 9.17) is 0 Å². The lowest BCUT2D eigenvalue weighted by Crippen LogP contribution is -2.18. The van der Waals surface area contributed by atoms with Gasteiger partial charge in [0.2, 0.25) is 0 Å². The maximum absolute atomic E-state index is 2.50. The molecule has 0 aliphatic carbocycles. The van der Waals surface area contributed by atoms with Crippen molar-refractivity contribution in [3.05, 3.63) is 30.3 Å². The third-order valence-corrected chi connectivity index (χ3v) is 3.61. The Bertz CT molecular complexity index is 253. The fraction of sp³-hybridized carbons (Fsp3) is 0.571.